The first kappa shape index (κ1) is 13.7. The first-order chi connectivity index (χ1) is 8.50. The number of halogens is 2. The van der Waals surface area contributed by atoms with Gasteiger partial charge in [-0.1, -0.05) is 47.6 Å². The van der Waals surface area contributed by atoms with Crippen molar-refractivity contribution in [2.45, 2.75) is 25.9 Å². The number of nitrogens with zero attached hydrogens (tertiary/aromatic N) is 2. The summed E-state index contributed by atoms with van der Waals surface area (Å²) in [7, 11) is 0. The van der Waals surface area contributed by atoms with Crippen LogP contribution in [0.5, 0.6) is 0 Å². The molecule has 6 heteroatoms. The lowest BCUT2D eigenvalue weighted by atomic mass is 10.0. The summed E-state index contributed by atoms with van der Waals surface area (Å²) in [5.41, 5.74) is 1.51. The molecule has 1 aromatic heterocycles. The van der Waals surface area contributed by atoms with Crippen LogP contribution in [0.1, 0.15) is 42.0 Å². The molecule has 1 unspecified atom stereocenters. The van der Waals surface area contributed by atoms with Crippen molar-refractivity contribution in [1.82, 2.24) is 9.59 Å². The van der Waals surface area contributed by atoms with E-state index in [4.69, 9.17) is 23.2 Å². The maximum Gasteiger partial charge on any atom is 0.117 e. The fraction of sp³-hybridized carbons (Fsp3) is 0.333. The van der Waals surface area contributed by atoms with Gasteiger partial charge < -0.3 is 5.11 Å². The predicted octanol–water partition coefficient (Wildman–Crippen LogP) is 4.05. The van der Waals surface area contributed by atoms with Crippen LogP contribution in [-0.2, 0) is 0 Å². The SMILES string of the molecule is CC(C)c1nnsc1C(O)c1ccc(Cl)c(Cl)c1. The van der Waals surface area contributed by atoms with Crippen molar-refractivity contribution in [3.63, 3.8) is 0 Å². The molecule has 1 heterocycles. The van der Waals surface area contributed by atoms with Gasteiger partial charge in [-0.3, -0.25) is 0 Å². The molecule has 0 spiro atoms. The Hall–Kier alpha value is -0.680. The summed E-state index contributed by atoms with van der Waals surface area (Å²) in [5.74, 6) is 0.219. The molecule has 0 saturated carbocycles. The molecule has 0 amide bonds. The van der Waals surface area contributed by atoms with Crippen LogP contribution in [0.15, 0.2) is 18.2 Å². The Labute approximate surface area is 120 Å². The van der Waals surface area contributed by atoms with Gasteiger partial charge in [0.1, 0.15) is 6.10 Å². The maximum absolute atomic E-state index is 10.4. The minimum absolute atomic E-state index is 0.219. The number of benzene rings is 1. The van der Waals surface area contributed by atoms with Crippen LogP contribution in [0, 0.1) is 0 Å². The second kappa shape index (κ2) is 5.53. The topological polar surface area (TPSA) is 46.0 Å². The van der Waals surface area contributed by atoms with Gasteiger partial charge in [-0.05, 0) is 35.1 Å². The molecule has 1 N–H and O–H groups in total. The average molecular weight is 303 g/mol. The molecule has 18 heavy (non-hydrogen) atoms. The van der Waals surface area contributed by atoms with Crippen molar-refractivity contribution in [3.05, 3.63) is 44.4 Å². The molecule has 0 bridgehead atoms. The molecular formula is C12H12Cl2N2OS. The van der Waals surface area contributed by atoms with Crippen LogP contribution < -0.4 is 0 Å². The van der Waals surface area contributed by atoms with E-state index in [9.17, 15) is 5.11 Å². The zero-order valence-corrected chi connectivity index (χ0v) is 12.2. The van der Waals surface area contributed by atoms with Crippen LogP contribution in [-0.4, -0.2) is 14.7 Å². The highest BCUT2D eigenvalue weighted by Gasteiger charge is 2.21. The Morgan fingerprint density at radius 3 is 2.56 bits per heavy atom. The summed E-state index contributed by atoms with van der Waals surface area (Å²) in [6.45, 7) is 4.03. The number of rotatable bonds is 3. The van der Waals surface area contributed by atoms with Gasteiger partial charge in [-0.2, -0.15) is 0 Å². The number of aliphatic hydroxyl groups is 1. The van der Waals surface area contributed by atoms with E-state index < -0.39 is 6.10 Å². The lowest BCUT2D eigenvalue weighted by Crippen LogP contribution is -2.02. The largest absolute Gasteiger partial charge is 0.383 e. The molecule has 2 aromatic rings. The number of aromatic nitrogens is 2. The van der Waals surface area contributed by atoms with Crippen molar-refractivity contribution in [2.75, 3.05) is 0 Å². The molecular weight excluding hydrogens is 291 g/mol. The molecule has 0 aliphatic heterocycles. The predicted molar refractivity (Wildman–Crippen MR) is 74.5 cm³/mol. The third-order valence-corrected chi connectivity index (χ3v) is 4.13. The van der Waals surface area contributed by atoms with E-state index in [1.807, 2.05) is 13.8 Å². The second-order valence-corrected chi connectivity index (χ2v) is 5.85. The van der Waals surface area contributed by atoms with Crippen LogP contribution >= 0.6 is 34.7 Å². The molecule has 1 aromatic carbocycles. The minimum atomic E-state index is -0.767. The highest BCUT2D eigenvalue weighted by Crippen LogP contribution is 2.33. The van der Waals surface area contributed by atoms with Gasteiger partial charge in [0, 0.05) is 0 Å². The van der Waals surface area contributed by atoms with Gasteiger partial charge in [0.15, 0.2) is 0 Å². The first-order valence-corrected chi connectivity index (χ1v) is 6.98. The molecule has 3 nitrogen and oxygen atoms in total. The quantitative estimate of drug-likeness (QED) is 0.930. The molecule has 0 aliphatic rings. The van der Waals surface area contributed by atoms with E-state index in [-0.39, 0.29) is 5.92 Å². The minimum Gasteiger partial charge on any atom is -0.383 e. The van der Waals surface area contributed by atoms with E-state index in [0.717, 1.165) is 10.6 Å². The van der Waals surface area contributed by atoms with Crippen LogP contribution in [0.2, 0.25) is 10.0 Å². The molecule has 96 valence electrons. The van der Waals surface area contributed by atoms with Crippen molar-refractivity contribution >= 4 is 34.7 Å². The highest BCUT2D eigenvalue weighted by molar-refractivity contribution is 7.05. The van der Waals surface area contributed by atoms with Gasteiger partial charge >= 0.3 is 0 Å². The Balaban J connectivity index is 2.38. The van der Waals surface area contributed by atoms with Crippen molar-refractivity contribution in [3.8, 4) is 0 Å². The van der Waals surface area contributed by atoms with Crippen LogP contribution in [0.3, 0.4) is 0 Å². The Morgan fingerprint density at radius 2 is 1.94 bits per heavy atom. The van der Waals surface area contributed by atoms with Gasteiger partial charge in [0.25, 0.3) is 0 Å². The van der Waals surface area contributed by atoms with Gasteiger partial charge in [0.2, 0.25) is 0 Å². The maximum atomic E-state index is 10.4. The van der Waals surface area contributed by atoms with Crippen LogP contribution in [0.25, 0.3) is 0 Å². The second-order valence-electron chi connectivity index (χ2n) is 4.25. The fourth-order valence-corrected chi connectivity index (χ4v) is 2.76. The van der Waals surface area contributed by atoms with Gasteiger partial charge in [-0.25, -0.2) is 0 Å². The Morgan fingerprint density at radius 1 is 1.22 bits per heavy atom. The van der Waals surface area contributed by atoms with Crippen molar-refractivity contribution in [1.29, 1.82) is 0 Å². The zero-order valence-electron chi connectivity index (χ0n) is 9.89. The zero-order chi connectivity index (χ0) is 13.3. The Kier molecular flexibility index (Phi) is 4.22. The van der Waals surface area contributed by atoms with Crippen LogP contribution in [0.4, 0.5) is 0 Å². The van der Waals surface area contributed by atoms with E-state index in [0.29, 0.717) is 15.6 Å². The molecule has 0 radical (unpaired) electrons. The standard InChI is InChI=1S/C12H12Cl2N2OS/c1-6(2)10-12(18-16-15-10)11(17)7-3-4-8(13)9(14)5-7/h3-6,11,17H,1-2H3. The van der Waals surface area contributed by atoms with E-state index in [2.05, 4.69) is 9.59 Å². The molecule has 0 saturated heterocycles. The highest BCUT2D eigenvalue weighted by atomic mass is 35.5. The summed E-state index contributed by atoms with van der Waals surface area (Å²) >= 11 is 13.0. The Bertz CT molecular complexity index is 557. The monoisotopic (exact) mass is 302 g/mol. The molecule has 2 rings (SSSR count). The number of hydrogen-bond donors (Lipinski definition) is 1. The van der Waals surface area contributed by atoms with Gasteiger partial charge in [0.05, 0.1) is 20.6 Å². The van der Waals surface area contributed by atoms with E-state index >= 15 is 0 Å². The lowest BCUT2D eigenvalue weighted by molar-refractivity contribution is 0.222. The summed E-state index contributed by atoms with van der Waals surface area (Å²) in [6, 6.07) is 5.09. The molecule has 0 fully saturated rings. The third kappa shape index (κ3) is 2.67. The molecule has 0 aliphatic carbocycles. The first-order valence-electron chi connectivity index (χ1n) is 5.46. The summed E-state index contributed by atoms with van der Waals surface area (Å²) in [4.78, 5) is 0.753. The smallest absolute Gasteiger partial charge is 0.117 e. The number of hydrogen-bond acceptors (Lipinski definition) is 4. The van der Waals surface area contributed by atoms with E-state index in [1.54, 1.807) is 18.2 Å². The molecule has 1 atom stereocenters. The van der Waals surface area contributed by atoms with E-state index in [1.165, 1.54) is 11.5 Å². The summed E-state index contributed by atoms with van der Waals surface area (Å²) in [6.07, 6.45) is -0.767. The normalized spacial score (nSPS) is 13.0. The fourth-order valence-electron chi connectivity index (χ4n) is 1.63. The van der Waals surface area contributed by atoms with Crippen molar-refractivity contribution in [2.24, 2.45) is 0 Å². The summed E-state index contributed by atoms with van der Waals surface area (Å²) in [5, 5.41) is 15.3. The summed E-state index contributed by atoms with van der Waals surface area (Å²) < 4.78 is 3.90. The van der Waals surface area contributed by atoms with Gasteiger partial charge in [-0.15, -0.1) is 5.10 Å². The van der Waals surface area contributed by atoms with Crippen molar-refractivity contribution < 1.29 is 5.11 Å². The number of aliphatic hydroxyl groups excluding tert-OH is 1. The lowest BCUT2D eigenvalue weighted by Gasteiger charge is -2.12. The third-order valence-electron chi connectivity index (χ3n) is 2.59. The average Bonchev–Trinajstić information content (AvgIpc) is 2.81.